The quantitative estimate of drug-likeness (QED) is 0.740. The van der Waals surface area contributed by atoms with Crippen LogP contribution in [0.2, 0.25) is 0 Å². The average molecular weight is 403 g/mol. The van der Waals surface area contributed by atoms with E-state index in [4.69, 9.17) is 10.00 Å². The lowest BCUT2D eigenvalue weighted by Gasteiger charge is -2.34. The van der Waals surface area contributed by atoms with Crippen LogP contribution in [0, 0.1) is 17.1 Å². The maximum atomic E-state index is 13.8. The molecule has 0 spiro atoms. The van der Waals surface area contributed by atoms with E-state index in [1.165, 1.54) is 17.5 Å². The van der Waals surface area contributed by atoms with Gasteiger partial charge in [0.1, 0.15) is 0 Å². The standard InChI is InChI=1S/C20H22FN3O3S/c1-27-20-6-5-17(12-19(20)21)14-23-7-9-24(10-8-23)28(25,26)15-18-4-2-3-16(11-18)13-22/h2-6,11-12H,7-10,14-15H2,1H3. The van der Waals surface area contributed by atoms with Gasteiger partial charge in [0.05, 0.1) is 24.5 Å². The van der Waals surface area contributed by atoms with Crippen LogP contribution in [0.25, 0.3) is 0 Å². The van der Waals surface area contributed by atoms with E-state index in [-0.39, 0.29) is 11.5 Å². The summed E-state index contributed by atoms with van der Waals surface area (Å²) in [5.41, 5.74) is 1.88. The van der Waals surface area contributed by atoms with Gasteiger partial charge in [-0.15, -0.1) is 0 Å². The van der Waals surface area contributed by atoms with E-state index in [0.717, 1.165) is 5.56 Å². The third-order valence-electron chi connectivity index (χ3n) is 4.75. The summed E-state index contributed by atoms with van der Waals surface area (Å²) in [7, 11) is -2.03. The van der Waals surface area contributed by atoms with Crippen LogP contribution < -0.4 is 4.74 Å². The first-order valence-electron chi connectivity index (χ1n) is 8.93. The fourth-order valence-corrected chi connectivity index (χ4v) is 4.77. The first-order valence-corrected chi connectivity index (χ1v) is 10.5. The molecule has 0 N–H and O–H groups in total. The number of nitrogens with zero attached hydrogens (tertiary/aromatic N) is 3. The molecule has 0 bridgehead atoms. The molecule has 1 aliphatic heterocycles. The van der Waals surface area contributed by atoms with Crippen LogP contribution in [0.5, 0.6) is 5.75 Å². The van der Waals surface area contributed by atoms with E-state index in [1.807, 2.05) is 12.1 Å². The van der Waals surface area contributed by atoms with Gasteiger partial charge in [-0.25, -0.2) is 12.8 Å². The molecule has 0 aromatic heterocycles. The Morgan fingerprint density at radius 2 is 1.86 bits per heavy atom. The highest BCUT2D eigenvalue weighted by Crippen LogP contribution is 2.20. The van der Waals surface area contributed by atoms with Crippen LogP contribution in [0.1, 0.15) is 16.7 Å². The smallest absolute Gasteiger partial charge is 0.218 e. The molecular formula is C20H22FN3O3S. The van der Waals surface area contributed by atoms with Crippen LogP contribution in [0.4, 0.5) is 4.39 Å². The lowest BCUT2D eigenvalue weighted by Crippen LogP contribution is -2.48. The minimum Gasteiger partial charge on any atom is -0.494 e. The molecule has 6 nitrogen and oxygen atoms in total. The second-order valence-corrected chi connectivity index (χ2v) is 8.68. The SMILES string of the molecule is COc1ccc(CN2CCN(S(=O)(=O)Cc3cccc(C#N)c3)CC2)cc1F. The molecule has 28 heavy (non-hydrogen) atoms. The molecular weight excluding hydrogens is 381 g/mol. The van der Waals surface area contributed by atoms with Gasteiger partial charge in [0, 0.05) is 32.7 Å². The summed E-state index contributed by atoms with van der Waals surface area (Å²) in [6, 6.07) is 13.5. The highest BCUT2D eigenvalue weighted by atomic mass is 32.2. The molecule has 1 fully saturated rings. The summed E-state index contributed by atoms with van der Waals surface area (Å²) in [4.78, 5) is 2.10. The normalized spacial score (nSPS) is 15.9. The number of benzene rings is 2. The summed E-state index contributed by atoms with van der Waals surface area (Å²) in [5, 5.41) is 8.96. The van der Waals surface area contributed by atoms with Crippen molar-refractivity contribution >= 4 is 10.0 Å². The molecule has 0 atom stereocenters. The number of piperazine rings is 1. The molecule has 1 aliphatic rings. The molecule has 0 radical (unpaired) electrons. The second-order valence-electron chi connectivity index (χ2n) is 6.71. The Morgan fingerprint density at radius 3 is 2.50 bits per heavy atom. The van der Waals surface area contributed by atoms with Crippen molar-refractivity contribution in [2.24, 2.45) is 0 Å². The number of rotatable bonds is 6. The summed E-state index contributed by atoms with van der Waals surface area (Å²) in [6.07, 6.45) is 0. The number of sulfonamides is 1. The Balaban J connectivity index is 1.58. The Hall–Kier alpha value is -2.47. The third kappa shape index (κ3) is 4.87. The van der Waals surface area contributed by atoms with E-state index < -0.39 is 15.8 Å². The topological polar surface area (TPSA) is 73.6 Å². The minimum absolute atomic E-state index is 0.119. The van der Waals surface area contributed by atoms with Gasteiger partial charge in [0.25, 0.3) is 0 Å². The van der Waals surface area contributed by atoms with Crippen molar-refractivity contribution in [3.63, 3.8) is 0 Å². The van der Waals surface area contributed by atoms with E-state index >= 15 is 0 Å². The molecule has 0 unspecified atom stereocenters. The Morgan fingerprint density at radius 1 is 1.11 bits per heavy atom. The van der Waals surface area contributed by atoms with Crippen molar-refractivity contribution in [2.75, 3.05) is 33.3 Å². The Labute approximate surface area is 164 Å². The molecule has 0 amide bonds. The second kappa shape index (κ2) is 8.69. The fraction of sp³-hybridized carbons (Fsp3) is 0.350. The summed E-state index contributed by atoms with van der Waals surface area (Å²) in [5.74, 6) is -0.312. The van der Waals surface area contributed by atoms with Crippen molar-refractivity contribution in [1.82, 2.24) is 9.21 Å². The van der Waals surface area contributed by atoms with Crippen molar-refractivity contribution in [2.45, 2.75) is 12.3 Å². The Bertz CT molecular complexity index is 980. The van der Waals surface area contributed by atoms with E-state index in [2.05, 4.69) is 4.90 Å². The molecule has 1 heterocycles. The highest BCUT2D eigenvalue weighted by molar-refractivity contribution is 7.88. The zero-order valence-corrected chi connectivity index (χ0v) is 16.5. The van der Waals surface area contributed by atoms with Crippen LogP contribution >= 0.6 is 0 Å². The lowest BCUT2D eigenvalue weighted by molar-refractivity contribution is 0.181. The maximum absolute atomic E-state index is 13.8. The molecule has 8 heteroatoms. The largest absolute Gasteiger partial charge is 0.494 e. The number of hydrogen-bond acceptors (Lipinski definition) is 5. The number of hydrogen-bond donors (Lipinski definition) is 0. The average Bonchev–Trinajstić information content (AvgIpc) is 2.68. The number of nitriles is 1. The molecule has 2 aromatic carbocycles. The molecule has 2 aromatic rings. The minimum atomic E-state index is -3.45. The van der Waals surface area contributed by atoms with Crippen LogP contribution in [-0.2, 0) is 22.3 Å². The number of methoxy groups -OCH3 is 1. The van der Waals surface area contributed by atoms with Crippen molar-refractivity contribution < 1.29 is 17.5 Å². The first kappa shape index (κ1) is 20.3. The monoisotopic (exact) mass is 403 g/mol. The van der Waals surface area contributed by atoms with Crippen LogP contribution in [-0.4, -0.2) is 50.9 Å². The summed E-state index contributed by atoms with van der Waals surface area (Å²) < 4.78 is 45.6. The van der Waals surface area contributed by atoms with Gasteiger partial charge in [0.2, 0.25) is 10.0 Å². The summed E-state index contributed by atoms with van der Waals surface area (Å²) in [6.45, 7) is 2.48. The van der Waals surface area contributed by atoms with Gasteiger partial charge in [-0.3, -0.25) is 4.90 Å². The van der Waals surface area contributed by atoms with Gasteiger partial charge < -0.3 is 4.74 Å². The van der Waals surface area contributed by atoms with Crippen molar-refractivity contribution in [3.8, 4) is 11.8 Å². The van der Waals surface area contributed by atoms with Gasteiger partial charge in [-0.1, -0.05) is 18.2 Å². The molecule has 1 saturated heterocycles. The molecule has 148 valence electrons. The zero-order valence-electron chi connectivity index (χ0n) is 15.6. The zero-order chi connectivity index (χ0) is 20.1. The van der Waals surface area contributed by atoms with E-state index in [1.54, 1.807) is 30.3 Å². The molecule has 0 aliphatic carbocycles. The number of halogens is 1. The van der Waals surface area contributed by atoms with E-state index in [0.29, 0.717) is 43.9 Å². The fourth-order valence-electron chi connectivity index (χ4n) is 3.26. The van der Waals surface area contributed by atoms with Gasteiger partial charge in [-0.2, -0.15) is 9.57 Å². The van der Waals surface area contributed by atoms with Crippen LogP contribution in [0.15, 0.2) is 42.5 Å². The first-order chi connectivity index (χ1) is 13.4. The third-order valence-corrected chi connectivity index (χ3v) is 6.60. The van der Waals surface area contributed by atoms with Gasteiger partial charge >= 0.3 is 0 Å². The number of ether oxygens (including phenoxy) is 1. The van der Waals surface area contributed by atoms with E-state index in [9.17, 15) is 12.8 Å². The Kier molecular flexibility index (Phi) is 6.29. The summed E-state index contributed by atoms with van der Waals surface area (Å²) >= 11 is 0. The predicted octanol–water partition coefficient (Wildman–Crippen LogP) is 2.35. The van der Waals surface area contributed by atoms with Gasteiger partial charge in [0.15, 0.2) is 11.6 Å². The predicted molar refractivity (Wildman–Crippen MR) is 104 cm³/mol. The van der Waals surface area contributed by atoms with Crippen molar-refractivity contribution in [3.05, 3.63) is 65.0 Å². The van der Waals surface area contributed by atoms with Crippen molar-refractivity contribution in [1.29, 1.82) is 5.26 Å². The molecule has 0 saturated carbocycles. The van der Waals surface area contributed by atoms with Gasteiger partial charge in [-0.05, 0) is 35.4 Å². The molecule has 3 rings (SSSR count). The highest BCUT2D eigenvalue weighted by Gasteiger charge is 2.27. The maximum Gasteiger partial charge on any atom is 0.218 e. The van der Waals surface area contributed by atoms with Crippen LogP contribution in [0.3, 0.4) is 0 Å². The lowest BCUT2D eigenvalue weighted by atomic mass is 10.2.